The molecule has 1 atom stereocenters. The van der Waals surface area contributed by atoms with Gasteiger partial charge in [0.05, 0.1) is 24.5 Å². The van der Waals surface area contributed by atoms with Crippen LogP contribution in [0.15, 0.2) is 18.6 Å². The van der Waals surface area contributed by atoms with Crippen LogP contribution in [0, 0.1) is 6.92 Å². The average molecular weight is 278 g/mol. The molecule has 0 aliphatic heterocycles. The van der Waals surface area contributed by atoms with Gasteiger partial charge in [-0.2, -0.15) is 4.98 Å². The molecule has 5 nitrogen and oxygen atoms in total. The molecule has 0 amide bonds. The molecule has 2 heterocycles. The molecule has 0 aromatic carbocycles. The van der Waals surface area contributed by atoms with E-state index in [2.05, 4.69) is 27.2 Å². The van der Waals surface area contributed by atoms with E-state index < -0.39 is 0 Å². The van der Waals surface area contributed by atoms with Crippen molar-refractivity contribution < 1.29 is 4.74 Å². The standard InChI is InChI=1S/C13H18N4OS/c1-8(2)18-12-7-14-6-11(17-12)16-10(4)13-15-5-9(3)19-13/h5-8,10H,1-4H3,(H,16,17). The van der Waals surface area contributed by atoms with Gasteiger partial charge in [-0.05, 0) is 27.7 Å². The van der Waals surface area contributed by atoms with Crippen LogP contribution in [-0.2, 0) is 0 Å². The van der Waals surface area contributed by atoms with E-state index in [1.54, 1.807) is 23.7 Å². The Morgan fingerprint density at radius 1 is 1.21 bits per heavy atom. The van der Waals surface area contributed by atoms with Crippen LogP contribution >= 0.6 is 11.3 Å². The Balaban J connectivity index is 2.06. The Bertz CT molecular complexity index is 541. The molecular formula is C13H18N4OS. The predicted octanol–water partition coefficient (Wildman–Crippen LogP) is 3.20. The van der Waals surface area contributed by atoms with Crippen LogP contribution in [0.2, 0.25) is 0 Å². The van der Waals surface area contributed by atoms with Crippen LogP contribution in [0.1, 0.15) is 36.7 Å². The summed E-state index contributed by atoms with van der Waals surface area (Å²) in [6.07, 6.45) is 5.26. The lowest BCUT2D eigenvalue weighted by molar-refractivity contribution is 0.232. The lowest BCUT2D eigenvalue weighted by Crippen LogP contribution is -2.11. The van der Waals surface area contributed by atoms with Crippen molar-refractivity contribution in [3.05, 3.63) is 28.5 Å². The van der Waals surface area contributed by atoms with Gasteiger partial charge in [-0.25, -0.2) is 4.98 Å². The minimum absolute atomic E-state index is 0.0867. The third-order valence-corrected chi connectivity index (χ3v) is 3.44. The van der Waals surface area contributed by atoms with Crippen LogP contribution in [0.3, 0.4) is 0 Å². The molecule has 0 bridgehead atoms. The molecule has 0 fully saturated rings. The molecule has 0 spiro atoms. The first-order chi connectivity index (χ1) is 9.04. The van der Waals surface area contributed by atoms with E-state index in [4.69, 9.17) is 4.74 Å². The molecule has 6 heteroatoms. The van der Waals surface area contributed by atoms with Crippen molar-refractivity contribution in [2.24, 2.45) is 0 Å². The molecule has 0 saturated heterocycles. The Morgan fingerprint density at radius 3 is 2.63 bits per heavy atom. The number of rotatable bonds is 5. The zero-order valence-corrected chi connectivity index (χ0v) is 12.4. The predicted molar refractivity (Wildman–Crippen MR) is 76.7 cm³/mol. The van der Waals surface area contributed by atoms with Gasteiger partial charge in [0.1, 0.15) is 10.8 Å². The maximum Gasteiger partial charge on any atom is 0.234 e. The summed E-state index contributed by atoms with van der Waals surface area (Å²) in [5.74, 6) is 1.22. The van der Waals surface area contributed by atoms with Gasteiger partial charge in [-0.1, -0.05) is 0 Å². The van der Waals surface area contributed by atoms with E-state index in [0.29, 0.717) is 11.7 Å². The van der Waals surface area contributed by atoms with Crippen molar-refractivity contribution in [2.45, 2.75) is 39.8 Å². The molecule has 0 saturated carbocycles. The van der Waals surface area contributed by atoms with Crippen molar-refractivity contribution in [1.29, 1.82) is 0 Å². The normalized spacial score (nSPS) is 12.5. The molecule has 2 aromatic heterocycles. The number of hydrogen-bond acceptors (Lipinski definition) is 6. The fraction of sp³-hybridized carbons (Fsp3) is 0.462. The molecule has 0 aliphatic carbocycles. The van der Waals surface area contributed by atoms with Gasteiger partial charge in [0, 0.05) is 11.1 Å². The van der Waals surface area contributed by atoms with E-state index in [9.17, 15) is 0 Å². The number of aromatic nitrogens is 3. The molecule has 1 unspecified atom stereocenters. The van der Waals surface area contributed by atoms with Crippen molar-refractivity contribution in [2.75, 3.05) is 5.32 Å². The van der Waals surface area contributed by atoms with Crippen LogP contribution in [0.25, 0.3) is 0 Å². The zero-order valence-electron chi connectivity index (χ0n) is 11.5. The average Bonchev–Trinajstić information content (AvgIpc) is 2.75. The minimum Gasteiger partial charge on any atom is -0.474 e. The third-order valence-electron chi connectivity index (χ3n) is 2.34. The molecule has 2 rings (SSSR count). The van der Waals surface area contributed by atoms with Crippen LogP contribution in [0.5, 0.6) is 5.88 Å². The molecule has 2 aromatic rings. The summed E-state index contributed by atoms with van der Waals surface area (Å²) in [5, 5.41) is 4.32. The van der Waals surface area contributed by atoms with Gasteiger partial charge in [-0.15, -0.1) is 11.3 Å². The molecule has 102 valence electrons. The highest BCUT2D eigenvalue weighted by atomic mass is 32.1. The number of hydrogen-bond donors (Lipinski definition) is 1. The van der Waals surface area contributed by atoms with Crippen LogP contribution < -0.4 is 10.1 Å². The topological polar surface area (TPSA) is 59.9 Å². The van der Waals surface area contributed by atoms with Crippen molar-refractivity contribution in [1.82, 2.24) is 15.0 Å². The number of aryl methyl sites for hydroxylation is 1. The molecule has 0 aliphatic rings. The number of ether oxygens (including phenoxy) is 1. The number of anilines is 1. The Labute approximate surface area is 117 Å². The van der Waals surface area contributed by atoms with Gasteiger partial charge in [0.2, 0.25) is 5.88 Å². The third kappa shape index (κ3) is 3.89. The second-order valence-electron chi connectivity index (χ2n) is 4.58. The van der Waals surface area contributed by atoms with Gasteiger partial charge >= 0.3 is 0 Å². The van der Waals surface area contributed by atoms with Gasteiger partial charge in [0.25, 0.3) is 0 Å². The highest BCUT2D eigenvalue weighted by Crippen LogP contribution is 2.22. The maximum atomic E-state index is 5.52. The highest BCUT2D eigenvalue weighted by molar-refractivity contribution is 7.11. The second-order valence-corrected chi connectivity index (χ2v) is 5.85. The summed E-state index contributed by atoms with van der Waals surface area (Å²) in [4.78, 5) is 14.0. The quantitative estimate of drug-likeness (QED) is 0.910. The summed E-state index contributed by atoms with van der Waals surface area (Å²) in [7, 11) is 0. The number of nitrogens with zero attached hydrogens (tertiary/aromatic N) is 3. The smallest absolute Gasteiger partial charge is 0.234 e. The first-order valence-corrected chi connectivity index (χ1v) is 7.04. The Hall–Kier alpha value is -1.69. The summed E-state index contributed by atoms with van der Waals surface area (Å²) >= 11 is 1.68. The monoisotopic (exact) mass is 278 g/mol. The lowest BCUT2D eigenvalue weighted by Gasteiger charge is -2.13. The lowest BCUT2D eigenvalue weighted by atomic mass is 10.3. The molecule has 19 heavy (non-hydrogen) atoms. The largest absolute Gasteiger partial charge is 0.474 e. The van der Waals surface area contributed by atoms with E-state index in [-0.39, 0.29) is 12.1 Å². The first kappa shape index (κ1) is 13.7. The fourth-order valence-corrected chi connectivity index (χ4v) is 2.35. The second kappa shape index (κ2) is 5.97. The van der Waals surface area contributed by atoms with Crippen molar-refractivity contribution in [3.8, 4) is 5.88 Å². The summed E-state index contributed by atoms with van der Waals surface area (Å²) < 4.78 is 5.52. The van der Waals surface area contributed by atoms with E-state index >= 15 is 0 Å². The first-order valence-electron chi connectivity index (χ1n) is 6.22. The van der Waals surface area contributed by atoms with Gasteiger partial charge < -0.3 is 10.1 Å². The molecule has 0 radical (unpaired) electrons. The highest BCUT2D eigenvalue weighted by Gasteiger charge is 2.11. The molecule has 1 N–H and O–H groups in total. The van der Waals surface area contributed by atoms with E-state index in [0.717, 1.165) is 5.01 Å². The Morgan fingerprint density at radius 2 is 2.00 bits per heavy atom. The van der Waals surface area contributed by atoms with Crippen molar-refractivity contribution >= 4 is 17.2 Å². The Kier molecular flexibility index (Phi) is 4.31. The maximum absolute atomic E-state index is 5.52. The van der Waals surface area contributed by atoms with Crippen LogP contribution in [0.4, 0.5) is 5.82 Å². The van der Waals surface area contributed by atoms with Gasteiger partial charge in [0.15, 0.2) is 0 Å². The van der Waals surface area contributed by atoms with Crippen LogP contribution in [-0.4, -0.2) is 21.1 Å². The summed E-state index contributed by atoms with van der Waals surface area (Å²) in [5.41, 5.74) is 0. The number of nitrogens with one attached hydrogen (secondary N) is 1. The fourth-order valence-electron chi connectivity index (χ4n) is 1.57. The summed E-state index contributed by atoms with van der Waals surface area (Å²) in [6.45, 7) is 8.02. The SMILES string of the molecule is Cc1cnc(C(C)Nc2cncc(OC(C)C)n2)s1. The number of thiazole rings is 1. The van der Waals surface area contributed by atoms with E-state index in [1.165, 1.54) is 4.88 Å². The van der Waals surface area contributed by atoms with Gasteiger partial charge in [-0.3, -0.25) is 4.98 Å². The zero-order chi connectivity index (χ0) is 13.8. The van der Waals surface area contributed by atoms with E-state index in [1.807, 2.05) is 27.0 Å². The molecular weight excluding hydrogens is 260 g/mol. The minimum atomic E-state index is 0.0867. The van der Waals surface area contributed by atoms with Crippen molar-refractivity contribution in [3.63, 3.8) is 0 Å². The summed E-state index contributed by atoms with van der Waals surface area (Å²) in [6, 6.07) is 0.0994.